The van der Waals surface area contributed by atoms with Crippen LogP contribution in [-0.2, 0) is 66.8 Å². The van der Waals surface area contributed by atoms with Gasteiger partial charge in [0, 0.05) is 50.3 Å². The third-order valence-electron chi connectivity index (χ3n) is 19.3. The van der Waals surface area contributed by atoms with Crippen LogP contribution in [0.15, 0.2) is 102 Å². The molecule has 3 fully saturated rings. The molecule has 532 valence electrons. The lowest BCUT2D eigenvalue weighted by Crippen LogP contribution is -2.82. The lowest BCUT2D eigenvalue weighted by Gasteiger charge is -2.67. The average Bonchev–Trinajstić information content (AvgIpc) is 0.670. The van der Waals surface area contributed by atoms with Crippen LogP contribution in [0.4, 0.5) is 4.79 Å². The molecule has 0 spiro atoms. The molecule has 2 bridgehead atoms. The minimum atomic E-state index is -2.53. The summed E-state index contributed by atoms with van der Waals surface area (Å²) in [5.74, 6) is -10.8. The number of carbonyl (C=O) groups is 12. The summed E-state index contributed by atoms with van der Waals surface area (Å²) in [5, 5.41) is 56.7. The van der Waals surface area contributed by atoms with Crippen molar-refractivity contribution in [2.24, 2.45) is 28.2 Å². The van der Waals surface area contributed by atoms with Crippen molar-refractivity contribution in [1.82, 2.24) is 37.2 Å². The van der Waals surface area contributed by atoms with E-state index in [-0.39, 0.29) is 60.5 Å². The zero-order valence-electron chi connectivity index (χ0n) is 56.2. The lowest BCUT2D eigenvalue weighted by molar-refractivity contribution is -0.345. The number of aliphatic hydroxyl groups excluding tert-OH is 2. The third-order valence-corrected chi connectivity index (χ3v) is 19.3. The zero-order valence-corrected chi connectivity index (χ0v) is 56.2. The third kappa shape index (κ3) is 17.2. The molecule has 8 amide bonds. The van der Waals surface area contributed by atoms with Crippen LogP contribution in [-0.4, -0.2) is 185 Å². The van der Waals surface area contributed by atoms with Crippen LogP contribution in [0, 0.1) is 16.7 Å². The maximum atomic E-state index is 16.2. The van der Waals surface area contributed by atoms with Gasteiger partial charge in [-0.25, -0.2) is 14.4 Å². The first-order valence-corrected chi connectivity index (χ1v) is 32.7. The van der Waals surface area contributed by atoms with Gasteiger partial charge < -0.3 is 87.7 Å². The highest BCUT2D eigenvalue weighted by Crippen LogP contribution is 2.64. The molecule has 3 aliphatic carbocycles. The van der Waals surface area contributed by atoms with Gasteiger partial charge >= 0.3 is 24.0 Å². The summed E-state index contributed by atoms with van der Waals surface area (Å²) >= 11 is 0. The minimum absolute atomic E-state index is 0.00776. The molecule has 29 heteroatoms. The van der Waals surface area contributed by atoms with E-state index >= 15 is 4.79 Å². The molecule has 2 saturated carbocycles. The van der Waals surface area contributed by atoms with Crippen molar-refractivity contribution >= 4 is 71.1 Å². The van der Waals surface area contributed by atoms with E-state index in [4.69, 9.17) is 35.2 Å². The summed E-state index contributed by atoms with van der Waals surface area (Å²) in [4.78, 5) is 162. The van der Waals surface area contributed by atoms with Crippen LogP contribution in [0.5, 0.6) is 0 Å². The Kier molecular flexibility index (Phi) is 25.6. The fourth-order valence-electron chi connectivity index (χ4n) is 13.5. The Balaban J connectivity index is 1.06. The monoisotopic (exact) mass is 1370 g/mol. The highest BCUT2D eigenvalue weighted by Gasteiger charge is 2.78. The molecule has 0 aromatic heterocycles. The van der Waals surface area contributed by atoms with Crippen molar-refractivity contribution in [2.45, 2.75) is 191 Å². The van der Waals surface area contributed by atoms with Crippen molar-refractivity contribution in [3.8, 4) is 0 Å². The minimum Gasteiger partial charge on any atom is -0.456 e. The number of amides is 8. The lowest BCUT2D eigenvalue weighted by atomic mass is 9.44. The van der Waals surface area contributed by atoms with Gasteiger partial charge in [0.15, 0.2) is 23.6 Å². The number of nitrogens with two attached hydrogens (primary N) is 2. The number of nitrogens with one attached hydrogen (secondary N) is 7. The topological polar surface area (TPSA) is 448 Å². The number of esters is 3. The quantitative estimate of drug-likeness (QED) is 0.0186. The maximum Gasteiger partial charge on any atom is 0.408 e. The van der Waals surface area contributed by atoms with Crippen LogP contribution in [0.25, 0.3) is 0 Å². The second-order valence-electron chi connectivity index (χ2n) is 26.2. The number of carbonyl (C=O) groups excluding carboxylic acids is 12. The molecule has 1 heterocycles. The number of likely N-dealkylation sites (N-methyl/N-ethyl adjacent to an activating group) is 1. The smallest absolute Gasteiger partial charge is 0.408 e. The normalized spacial score (nSPS) is 25.4. The van der Waals surface area contributed by atoms with Gasteiger partial charge in [0.25, 0.3) is 5.91 Å². The highest BCUT2D eigenvalue weighted by molar-refractivity contribution is 5.98. The number of hydrogen-bond acceptors (Lipinski definition) is 21. The number of unbranched alkanes of at least 4 members (excludes halogenated alkanes) is 3. The number of fused-ring (bicyclic) bond motifs is 5. The molecule has 7 rings (SSSR count). The molecule has 98 heavy (non-hydrogen) atoms. The van der Waals surface area contributed by atoms with Gasteiger partial charge in [-0.1, -0.05) is 87.0 Å². The number of benzene rings is 3. The van der Waals surface area contributed by atoms with E-state index < -0.39 is 179 Å². The van der Waals surface area contributed by atoms with E-state index in [0.717, 1.165) is 6.92 Å². The predicted octanol–water partition coefficient (Wildman–Crippen LogP) is 1.19. The Morgan fingerprint density at radius 2 is 1.31 bits per heavy atom. The molecule has 1 aliphatic heterocycles. The van der Waals surface area contributed by atoms with Gasteiger partial charge in [0.1, 0.15) is 42.0 Å². The Hall–Kier alpha value is -9.16. The SMILES string of the molecule is CNC(C)C(=O)NC(C)C(=O)NC(CC(N)=O)C(=O)NC(CCCCNC(=O)CCCCCNC(=O)O[C@H]1C(=O)[C@@]2(C)[C@H]([C@H](OC(=O)c3ccccc3)[C@]3(O)C[C@H](OC(=O)[C@H](O)[C@@H](NC(=O)c4ccccc4)c4ccccc4)C(C)=C1C3(C)C)[C@]1(OC(C)=O)CO[C@@H]1C[C@@H]2O)C(N)=O. The fourth-order valence-corrected chi connectivity index (χ4v) is 13.5. The Labute approximate surface area is 567 Å². The van der Waals surface area contributed by atoms with E-state index in [2.05, 4.69) is 37.2 Å². The summed E-state index contributed by atoms with van der Waals surface area (Å²) in [6.07, 6.45) is -11.5. The number of Topliss-reactive ketones (excluding diaryl/α,β-unsaturated/α-hetero) is 1. The van der Waals surface area contributed by atoms with Crippen LogP contribution in [0.1, 0.15) is 145 Å². The van der Waals surface area contributed by atoms with Gasteiger partial charge in [-0.05, 0) is 108 Å². The number of hydrogen-bond donors (Lipinski definition) is 12. The van der Waals surface area contributed by atoms with Gasteiger partial charge in [0.2, 0.25) is 35.4 Å². The maximum absolute atomic E-state index is 16.2. The van der Waals surface area contributed by atoms with E-state index in [1.807, 2.05) is 0 Å². The Morgan fingerprint density at radius 1 is 0.714 bits per heavy atom. The van der Waals surface area contributed by atoms with Crippen molar-refractivity contribution in [1.29, 1.82) is 0 Å². The average molecular weight is 1370 g/mol. The molecule has 4 unspecified atom stereocenters. The Morgan fingerprint density at radius 3 is 1.90 bits per heavy atom. The summed E-state index contributed by atoms with van der Waals surface area (Å²) < 4.78 is 31.0. The van der Waals surface area contributed by atoms with Crippen molar-refractivity contribution in [2.75, 3.05) is 26.7 Å². The van der Waals surface area contributed by atoms with Gasteiger partial charge in [-0.15, -0.1) is 0 Å². The van der Waals surface area contributed by atoms with Crippen molar-refractivity contribution in [3.63, 3.8) is 0 Å². The van der Waals surface area contributed by atoms with Crippen LogP contribution >= 0.6 is 0 Å². The second-order valence-corrected chi connectivity index (χ2v) is 26.2. The highest BCUT2D eigenvalue weighted by atomic mass is 16.6. The molecule has 29 nitrogen and oxygen atoms in total. The molecule has 1 saturated heterocycles. The number of primary amides is 2. The van der Waals surface area contributed by atoms with E-state index in [9.17, 15) is 68.1 Å². The summed E-state index contributed by atoms with van der Waals surface area (Å²) in [5.41, 5.74) is 2.91. The van der Waals surface area contributed by atoms with Gasteiger partial charge in [-0.3, -0.25) is 43.2 Å². The first kappa shape index (κ1) is 76.2. The predicted molar refractivity (Wildman–Crippen MR) is 349 cm³/mol. The number of alkyl carbamates (subject to hydrolysis) is 1. The van der Waals surface area contributed by atoms with Crippen molar-refractivity contribution in [3.05, 3.63) is 119 Å². The van der Waals surface area contributed by atoms with Crippen LogP contribution < -0.4 is 48.7 Å². The first-order valence-electron chi connectivity index (χ1n) is 32.7. The van der Waals surface area contributed by atoms with Gasteiger partial charge in [0.05, 0.1) is 48.1 Å². The summed E-state index contributed by atoms with van der Waals surface area (Å²) in [6.45, 7) is 9.63. The molecular weight excluding hydrogens is 1270 g/mol. The molecule has 3 aromatic rings. The second kappa shape index (κ2) is 32.9. The molecule has 15 atom stereocenters. The molecule has 14 N–H and O–H groups in total. The number of aliphatic hydroxyl groups is 3. The van der Waals surface area contributed by atoms with Gasteiger partial charge in [-0.2, -0.15) is 0 Å². The molecular formula is C69H91N9O20. The fraction of sp³-hybridized carbons (Fsp3) is 0.536. The van der Waals surface area contributed by atoms with Crippen molar-refractivity contribution < 1.29 is 96.5 Å². The largest absolute Gasteiger partial charge is 0.456 e. The summed E-state index contributed by atoms with van der Waals surface area (Å²) in [6, 6.07) is 17.9. The van der Waals surface area contributed by atoms with E-state index in [1.54, 1.807) is 80.7 Å². The molecule has 4 aliphatic rings. The summed E-state index contributed by atoms with van der Waals surface area (Å²) in [7, 11) is 1.55. The number of ketones is 1. The molecule has 0 radical (unpaired) electrons. The standard InChI is InChI=1S/C69H91N9O20/c1-37-46(95-64(91)53(83)52(41-23-13-9-14-24-41)78-61(88)42-25-15-10-16-26-42)35-69(93)57(97-63(90)43-27-17-11-18-28-43)55-67(7,47(80)34-48-68(55,36-94-48)98-40(4)79)56(84)54(51(37)66(69,5)6)96-65(92)74-32-21-12-19-30-50(82)73-31-22-20-29-44(58(71)85)76-62(89)45(33-49(70)81)77-60(87)39(3)75-59(86)38(2)72-8/h9-11,13-18,23-28,38-39,44-48,52-55,57,72,80,83,93H,12,19-22,29-36H2,1-8H3,(H2,70,81)(H2,71,85)(H,73,82)(H,74,92)(H,75,86)(H,76,89)(H,77,87)(H,78,88)/t38?,39?,44?,45?,46-,47-,48+,52-,53+,54+,55-,57-,67+,68-,69+/m0/s1. The van der Waals surface area contributed by atoms with E-state index in [1.165, 1.54) is 58.9 Å². The van der Waals surface area contributed by atoms with Crippen LogP contribution in [0.3, 0.4) is 0 Å². The number of ether oxygens (including phenoxy) is 5. The zero-order chi connectivity index (χ0) is 72.0. The Bertz CT molecular complexity index is 3470. The number of rotatable bonds is 31. The first-order chi connectivity index (χ1) is 46.3. The van der Waals surface area contributed by atoms with E-state index in [0.29, 0.717) is 37.7 Å². The van der Waals surface area contributed by atoms with Crippen LogP contribution in [0.2, 0.25) is 0 Å². The molecule has 3 aromatic carbocycles.